The molecule has 0 aliphatic rings. The predicted octanol–water partition coefficient (Wildman–Crippen LogP) is 7.64. The number of thiocarbonyl (C=S) groups is 1. The number of aromatic nitrogens is 2. The lowest BCUT2D eigenvalue weighted by molar-refractivity contribution is 0.998. The van der Waals surface area contributed by atoms with Gasteiger partial charge in [0.1, 0.15) is 0 Å². The van der Waals surface area contributed by atoms with Crippen molar-refractivity contribution in [2.75, 3.05) is 10.6 Å². The van der Waals surface area contributed by atoms with Crippen LogP contribution in [0.15, 0.2) is 116 Å². The maximum absolute atomic E-state index is 5.51. The van der Waals surface area contributed by atoms with Crippen LogP contribution in [0.2, 0.25) is 0 Å². The van der Waals surface area contributed by atoms with Crippen LogP contribution in [-0.4, -0.2) is 15.1 Å². The van der Waals surface area contributed by atoms with E-state index in [0.717, 1.165) is 22.4 Å². The zero-order valence-electron chi connectivity index (χ0n) is 19.0. The fourth-order valence-electron chi connectivity index (χ4n) is 4.77. The molecule has 4 nitrogen and oxygen atoms in total. The lowest BCUT2D eigenvalue weighted by Gasteiger charge is -2.18. The number of benzene rings is 4. The second-order valence-corrected chi connectivity index (χ2v) is 8.99. The summed E-state index contributed by atoms with van der Waals surface area (Å²) >= 11 is 5.51. The van der Waals surface area contributed by atoms with Gasteiger partial charge in [0.25, 0.3) is 0 Å². The van der Waals surface area contributed by atoms with Gasteiger partial charge in [-0.3, -0.25) is 0 Å². The standard InChI is InChI=1S/C30H24N4S/c35-30(33-21-8-2-1-3-9-21)34-22-16-14-20(15-17-22)29(25-18-31-27-12-6-4-10-23(25)27)26-19-32-28-13-7-5-11-24(26)28/h1-19,29,31-32H,(H2,33,34,35). The largest absolute Gasteiger partial charge is 0.361 e. The van der Waals surface area contributed by atoms with Crippen molar-refractivity contribution in [1.29, 1.82) is 0 Å². The second-order valence-electron chi connectivity index (χ2n) is 8.58. The van der Waals surface area contributed by atoms with Gasteiger partial charge >= 0.3 is 0 Å². The molecule has 35 heavy (non-hydrogen) atoms. The first kappa shape index (κ1) is 21.2. The van der Waals surface area contributed by atoms with E-state index in [1.807, 2.05) is 30.3 Å². The first-order chi connectivity index (χ1) is 17.3. The highest BCUT2D eigenvalue weighted by Crippen LogP contribution is 2.39. The Morgan fingerprint density at radius 2 is 1.06 bits per heavy atom. The van der Waals surface area contributed by atoms with Gasteiger partial charge in [-0.1, -0.05) is 66.7 Å². The average molecular weight is 473 g/mol. The van der Waals surface area contributed by atoms with Gasteiger partial charge in [0.15, 0.2) is 5.11 Å². The van der Waals surface area contributed by atoms with Crippen molar-refractivity contribution in [3.8, 4) is 0 Å². The Morgan fingerprint density at radius 3 is 1.63 bits per heavy atom. The molecular weight excluding hydrogens is 448 g/mol. The third-order valence-corrected chi connectivity index (χ3v) is 6.60. The fraction of sp³-hybridized carbons (Fsp3) is 0.0333. The molecule has 0 saturated carbocycles. The molecule has 2 heterocycles. The topological polar surface area (TPSA) is 55.6 Å². The lowest BCUT2D eigenvalue weighted by atomic mass is 9.84. The molecule has 0 unspecified atom stereocenters. The molecule has 6 rings (SSSR count). The molecule has 170 valence electrons. The summed E-state index contributed by atoms with van der Waals surface area (Å²) in [4.78, 5) is 6.92. The van der Waals surface area contributed by atoms with Gasteiger partial charge < -0.3 is 20.6 Å². The summed E-state index contributed by atoms with van der Waals surface area (Å²) < 4.78 is 0. The van der Waals surface area contributed by atoms with E-state index in [9.17, 15) is 0 Å². The summed E-state index contributed by atoms with van der Waals surface area (Å²) in [6.07, 6.45) is 4.28. The normalized spacial score (nSPS) is 11.2. The zero-order chi connectivity index (χ0) is 23.6. The van der Waals surface area contributed by atoms with Crippen LogP contribution in [0.1, 0.15) is 22.6 Å². The molecule has 0 spiro atoms. The summed E-state index contributed by atoms with van der Waals surface area (Å²) in [5.74, 6) is 0.0748. The van der Waals surface area contributed by atoms with Crippen molar-refractivity contribution in [3.63, 3.8) is 0 Å². The molecule has 0 bridgehead atoms. The number of anilines is 2. The number of nitrogens with one attached hydrogen (secondary N) is 4. The van der Waals surface area contributed by atoms with Gasteiger partial charge in [0.2, 0.25) is 0 Å². The molecule has 0 aliphatic carbocycles. The summed E-state index contributed by atoms with van der Waals surface area (Å²) in [5, 5.41) is 9.55. The molecule has 6 aromatic rings. The van der Waals surface area contributed by atoms with E-state index in [2.05, 4.69) is 106 Å². The van der Waals surface area contributed by atoms with Gasteiger partial charge in [-0.15, -0.1) is 0 Å². The summed E-state index contributed by atoms with van der Waals surface area (Å²) in [7, 11) is 0. The molecule has 4 N–H and O–H groups in total. The SMILES string of the molecule is S=C(Nc1ccccc1)Nc1ccc(C(c2c[nH]c3ccccc23)c2c[nH]c3ccccc23)cc1. The van der Waals surface area contributed by atoms with Crippen LogP contribution in [0.5, 0.6) is 0 Å². The molecule has 0 aliphatic heterocycles. The number of rotatable bonds is 5. The Balaban J connectivity index is 1.36. The number of fused-ring (bicyclic) bond motifs is 2. The quantitative estimate of drug-likeness (QED) is 0.195. The van der Waals surface area contributed by atoms with Gasteiger partial charge in [-0.2, -0.15) is 0 Å². The Hall–Kier alpha value is -4.35. The third kappa shape index (κ3) is 4.18. The summed E-state index contributed by atoms with van der Waals surface area (Å²) in [6, 6.07) is 35.4. The van der Waals surface area contributed by atoms with Crippen molar-refractivity contribution in [3.05, 3.63) is 132 Å². The van der Waals surface area contributed by atoms with Crippen LogP contribution in [0.4, 0.5) is 11.4 Å². The lowest BCUT2D eigenvalue weighted by Crippen LogP contribution is -2.18. The fourth-order valence-corrected chi connectivity index (χ4v) is 5.00. The van der Waals surface area contributed by atoms with Gasteiger partial charge in [0, 0.05) is 51.5 Å². The summed E-state index contributed by atoms with van der Waals surface area (Å²) in [5.41, 5.74) is 7.91. The van der Waals surface area contributed by atoms with Crippen LogP contribution in [-0.2, 0) is 0 Å². The molecule has 0 fully saturated rings. The van der Waals surface area contributed by atoms with E-state index in [1.165, 1.54) is 27.5 Å². The zero-order valence-corrected chi connectivity index (χ0v) is 19.8. The molecule has 2 aromatic heterocycles. The molecule has 4 aromatic carbocycles. The van der Waals surface area contributed by atoms with Crippen LogP contribution < -0.4 is 10.6 Å². The molecular formula is C30H24N4S. The van der Waals surface area contributed by atoms with E-state index in [0.29, 0.717) is 5.11 Å². The molecule has 0 saturated heterocycles. The first-order valence-corrected chi connectivity index (χ1v) is 12.0. The highest BCUT2D eigenvalue weighted by molar-refractivity contribution is 7.80. The van der Waals surface area contributed by atoms with Gasteiger partial charge in [-0.25, -0.2) is 0 Å². The Labute approximate surface area is 209 Å². The minimum absolute atomic E-state index is 0.0748. The maximum atomic E-state index is 5.51. The van der Waals surface area contributed by atoms with Crippen molar-refractivity contribution in [1.82, 2.24) is 9.97 Å². The monoisotopic (exact) mass is 472 g/mol. The van der Waals surface area contributed by atoms with E-state index in [-0.39, 0.29) is 5.92 Å². The highest BCUT2D eigenvalue weighted by atomic mass is 32.1. The molecule has 5 heteroatoms. The number of hydrogen-bond donors (Lipinski definition) is 4. The highest BCUT2D eigenvalue weighted by Gasteiger charge is 2.23. The van der Waals surface area contributed by atoms with E-state index >= 15 is 0 Å². The van der Waals surface area contributed by atoms with Crippen molar-refractivity contribution in [2.45, 2.75) is 5.92 Å². The van der Waals surface area contributed by atoms with Crippen LogP contribution in [0.25, 0.3) is 21.8 Å². The Morgan fingerprint density at radius 1 is 0.571 bits per heavy atom. The van der Waals surface area contributed by atoms with E-state index < -0.39 is 0 Å². The van der Waals surface area contributed by atoms with Crippen LogP contribution in [0.3, 0.4) is 0 Å². The van der Waals surface area contributed by atoms with Crippen molar-refractivity contribution in [2.24, 2.45) is 0 Å². The van der Waals surface area contributed by atoms with E-state index in [1.54, 1.807) is 0 Å². The number of aromatic amines is 2. The number of H-pyrrole nitrogens is 2. The average Bonchev–Trinajstić information content (AvgIpc) is 3.51. The van der Waals surface area contributed by atoms with Crippen molar-refractivity contribution < 1.29 is 0 Å². The second kappa shape index (κ2) is 9.12. The first-order valence-electron chi connectivity index (χ1n) is 11.6. The third-order valence-electron chi connectivity index (χ3n) is 6.40. The minimum atomic E-state index is 0.0748. The van der Waals surface area contributed by atoms with Gasteiger partial charge in [-0.05, 0) is 65.3 Å². The van der Waals surface area contributed by atoms with Crippen molar-refractivity contribution >= 4 is 50.5 Å². The number of hydrogen-bond acceptors (Lipinski definition) is 1. The number of para-hydroxylation sites is 3. The van der Waals surface area contributed by atoms with Crippen LogP contribution >= 0.6 is 12.2 Å². The summed E-state index contributed by atoms with van der Waals surface area (Å²) in [6.45, 7) is 0. The van der Waals surface area contributed by atoms with Crippen LogP contribution in [0, 0.1) is 0 Å². The molecule has 0 atom stereocenters. The smallest absolute Gasteiger partial charge is 0.175 e. The minimum Gasteiger partial charge on any atom is -0.361 e. The maximum Gasteiger partial charge on any atom is 0.175 e. The predicted molar refractivity (Wildman–Crippen MR) is 150 cm³/mol. The van der Waals surface area contributed by atoms with E-state index in [4.69, 9.17) is 12.2 Å². The molecule has 0 amide bonds. The Bertz CT molecular complexity index is 1540. The molecule has 0 radical (unpaired) electrons. The van der Waals surface area contributed by atoms with Gasteiger partial charge in [0.05, 0.1) is 0 Å². The Kier molecular flexibility index (Phi) is 5.53.